The minimum Gasteiger partial charge on any atom is -0.485 e. The van der Waals surface area contributed by atoms with Crippen LogP contribution in [-0.4, -0.2) is 54.1 Å². The minimum absolute atomic E-state index is 0.104. The number of carbonyl (C=O) groups excluding carboxylic acids is 1. The highest BCUT2D eigenvalue weighted by Crippen LogP contribution is 2.43. The molecule has 176 valence electrons. The number of amides is 1. The van der Waals surface area contributed by atoms with Crippen molar-refractivity contribution in [3.05, 3.63) is 41.3 Å². The van der Waals surface area contributed by atoms with Crippen molar-refractivity contribution in [2.45, 2.75) is 19.4 Å². The number of ether oxygens (including phenoxy) is 3. The van der Waals surface area contributed by atoms with Gasteiger partial charge in [0.1, 0.15) is 24.4 Å². The van der Waals surface area contributed by atoms with Crippen molar-refractivity contribution in [1.29, 1.82) is 0 Å². The summed E-state index contributed by atoms with van der Waals surface area (Å²) in [5.41, 5.74) is 4.36. The first-order chi connectivity index (χ1) is 16.5. The number of alkyl halides is 1. The Balaban J connectivity index is 1.48. The number of hydrogen-bond acceptors (Lipinski definition) is 8. The molecule has 1 aliphatic heterocycles. The summed E-state index contributed by atoms with van der Waals surface area (Å²) in [6, 6.07) is 5.25. The van der Waals surface area contributed by atoms with Crippen LogP contribution in [0.2, 0.25) is 0 Å². The number of halogens is 2. The molecule has 11 heteroatoms. The third-order valence-corrected chi connectivity index (χ3v) is 6.56. The highest BCUT2D eigenvalue weighted by Gasteiger charge is 2.30. The molecule has 0 bridgehead atoms. The summed E-state index contributed by atoms with van der Waals surface area (Å²) < 4.78 is 43.4. The predicted octanol–water partition coefficient (Wildman–Crippen LogP) is 4.36. The van der Waals surface area contributed by atoms with Crippen LogP contribution >= 0.6 is 11.3 Å². The second-order valence-corrected chi connectivity index (χ2v) is 8.77. The van der Waals surface area contributed by atoms with Gasteiger partial charge < -0.3 is 19.5 Å². The summed E-state index contributed by atoms with van der Waals surface area (Å²) in [6.45, 7) is 0.984. The molecule has 34 heavy (non-hydrogen) atoms. The zero-order valence-electron chi connectivity index (χ0n) is 18.4. The quantitative estimate of drug-likeness (QED) is 0.433. The van der Waals surface area contributed by atoms with Crippen LogP contribution in [0.25, 0.3) is 31.8 Å². The number of nitrogens with one attached hydrogen (secondary N) is 1. The average molecular weight is 487 g/mol. The number of methoxy groups -OCH3 is 1. The number of carbonyl (C=O) groups is 1. The summed E-state index contributed by atoms with van der Waals surface area (Å²) in [6.07, 6.45) is 0.722. The molecule has 0 spiro atoms. The van der Waals surface area contributed by atoms with E-state index >= 15 is 0 Å². The molecule has 0 saturated heterocycles. The second-order valence-electron chi connectivity index (χ2n) is 7.78. The highest BCUT2D eigenvalue weighted by atomic mass is 32.1. The van der Waals surface area contributed by atoms with Crippen LogP contribution in [0.1, 0.15) is 11.1 Å². The number of rotatable bonds is 6. The van der Waals surface area contributed by atoms with Gasteiger partial charge in [-0.25, -0.2) is 28.5 Å². The SMILES string of the molecule is COc1cnc2c(-c3nc4cc(F)c5c(c4s3)CC(CNC(=O)OCCF)O5)cc(C)cc2n1. The van der Waals surface area contributed by atoms with Gasteiger partial charge in [-0.3, -0.25) is 0 Å². The smallest absolute Gasteiger partial charge is 0.407 e. The molecule has 4 aromatic rings. The molecule has 0 saturated carbocycles. The lowest BCUT2D eigenvalue weighted by molar-refractivity contribution is 0.131. The first kappa shape index (κ1) is 22.2. The van der Waals surface area contributed by atoms with E-state index in [2.05, 4.69) is 25.0 Å². The van der Waals surface area contributed by atoms with Crippen LogP contribution in [0, 0.1) is 12.7 Å². The van der Waals surface area contributed by atoms with E-state index in [-0.39, 0.29) is 18.9 Å². The molecule has 0 aliphatic carbocycles. The summed E-state index contributed by atoms with van der Waals surface area (Å²) in [5, 5.41) is 3.20. The maximum Gasteiger partial charge on any atom is 0.407 e. The number of alkyl carbamates (subject to hydrolysis) is 1. The van der Waals surface area contributed by atoms with Crippen LogP contribution in [0.4, 0.5) is 13.6 Å². The number of benzene rings is 2. The lowest BCUT2D eigenvalue weighted by Gasteiger charge is -2.11. The van der Waals surface area contributed by atoms with Crippen LogP contribution in [-0.2, 0) is 11.2 Å². The Hall–Kier alpha value is -3.60. The van der Waals surface area contributed by atoms with Crippen LogP contribution in [0.15, 0.2) is 24.4 Å². The fraction of sp³-hybridized carbons (Fsp3) is 0.304. The predicted molar refractivity (Wildman–Crippen MR) is 123 cm³/mol. The number of aryl methyl sites for hydroxylation is 1. The summed E-state index contributed by atoms with van der Waals surface area (Å²) in [5.74, 6) is 0.0596. The van der Waals surface area contributed by atoms with Gasteiger partial charge in [0.05, 0.1) is 41.1 Å². The number of fused-ring (bicyclic) bond motifs is 4. The van der Waals surface area contributed by atoms with Crippen LogP contribution in [0.3, 0.4) is 0 Å². The fourth-order valence-corrected chi connectivity index (χ4v) is 5.06. The summed E-state index contributed by atoms with van der Waals surface area (Å²) in [7, 11) is 1.53. The molecule has 1 unspecified atom stereocenters. The molecule has 1 atom stereocenters. The lowest BCUT2D eigenvalue weighted by Crippen LogP contribution is -2.35. The molecule has 5 rings (SSSR count). The molecular formula is C23H20F2N4O4S. The Morgan fingerprint density at radius 2 is 2.15 bits per heavy atom. The third kappa shape index (κ3) is 4.07. The van der Waals surface area contributed by atoms with Gasteiger partial charge in [-0.1, -0.05) is 0 Å². The van der Waals surface area contributed by atoms with Gasteiger partial charge in [-0.2, -0.15) is 0 Å². The van der Waals surface area contributed by atoms with Crippen molar-refractivity contribution >= 4 is 38.7 Å². The highest BCUT2D eigenvalue weighted by molar-refractivity contribution is 7.22. The third-order valence-electron chi connectivity index (χ3n) is 5.39. The second kappa shape index (κ2) is 8.98. The van der Waals surface area contributed by atoms with Crippen molar-refractivity contribution in [2.75, 3.05) is 26.9 Å². The van der Waals surface area contributed by atoms with Crippen LogP contribution in [0.5, 0.6) is 11.6 Å². The van der Waals surface area contributed by atoms with Gasteiger partial charge in [0.2, 0.25) is 5.88 Å². The van der Waals surface area contributed by atoms with Crippen molar-refractivity contribution in [3.63, 3.8) is 0 Å². The molecule has 0 radical (unpaired) electrons. The van der Waals surface area contributed by atoms with Crippen molar-refractivity contribution in [3.8, 4) is 22.2 Å². The first-order valence-corrected chi connectivity index (χ1v) is 11.4. The van der Waals surface area contributed by atoms with E-state index in [1.165, 1.54) is 24.5 Å². The van der Waals surface area contributed by atoms with E-state index in [4.69, 9.17) is 9.47 Å². The lowest BCUT2D eigenvalue weighted by atomic mass is 10.1. The molecule has 1 aliphatic rings. The minimum atomic E-state index is -0.759. The van der Waals surface area contributed by atoms with E-state index in [9.17, 15) is 13.6 Å². The molecular weight excluding hydrogens is 466 g/mol. The topological polar surface area (TPSA) is 95.5 Å². The largest absolute Gasteiger partial charge is 0.485 e. The number of thiazole rings is 1. The van der Waals surface area contributed by atoms with Gasteiger partial charge in [-0.15, -0.1) is 11.3 Å². The van der Waals surface area contributed by atoms with E-state index in [1.807, 2.05) is 19.1 Å². The van der Waals surface area contributed by atoms with Crippen molar-refractivity contribution < 1.29 is 27.8 Å². The maximum absolute atomic E-state index is 14.8. The number of nitrogens with zero attached hydrogens (tertiary/aromatic N) is 3. The molecule has 2 aromatic carbocycles. The molecule has 1 N–H and O–H groups in total. The van der Waals surface area contributed by atoms with Crippen LogP contribution < -0.4 is 14.8 Å². The zero-order valence-corrected chi connectivity index (χ0v) is 19.2. The number of hydrogen-bond donors (Lipinski definition) is 1. The van der Waals surface area contributed by atoms with Gasteiger partial charge in [0.25, 0.3) is 0 Å². The number of aromatic nitrogens is 3. The van der Waals surface area contributed by atoms with E-state index < -0.39 is 24.7 Å². The van der Waals surface area contributed by atoms with E-state index in [1.54, 1.807) is 6.20 Å². The van der Waals surface area contributed by atoms with Crippen molar-refractivity contribution in [1.82, 2.24) is 20.3 Å². The van der Waals surface area contributed by atoms with Gasteiger partial charge in [0.15, 0.2) is 11.6 Å². The monoisotopic (exact) mass is 486 g/mol. The Labute approximate surface area is 196 Å². The Bertz CT molecular complexity index is 1410. The standard InChI is InChI=1S/C23H20F2N4O4S/c1-11-5-13(19-16(6-11)28-18(31-2)10-26-19)22-29-17-8-15(25)20-14(21(17)34-22)7-12(33-20)9-27-23(30)32-4-3-24/h5-6,8,10,12H,3-4,7,9H2,1-2H3,(H,27,30). The molecule has 8 nitrogen and oxygen atoms in total. The van der Waals surface area contributed by atoms with Crippen molar-refractivity contribution in [2.24, 2.45) is 0 Å². The Kier molecular flexibility index (Phi) is 5.86. The zero-order chi connectivity index (χ0) is 23.8. The first-order valence-electron chi connectivity index (χ1n) is 10.5. The Morgan fingerprint density at radius 3 is 2.94 bits per heavy atom. The average Bonchev–Trinajstić information content (AvgIpc) is 3.45. The molecule has 1 amide bonds. The van der Waals surface area contributed by atoms with E-state index in [0.29, 0.717) is 39.4 Å². The van der Waals surface area contributed by atoms with E-state index in [0.717, 1.165) is 15.8 Å². The summed E-state index contributed by atoms with van der Waals surface area (Å²) in [4.78, 5) is 25.3. The molecule has 0 fully saturated rings. The van der Waals surface area contributed by atoms with Gasteiger partial charge in [0, 0.05) is 23.6 Å². The molecule has 3 heterocycles. The fourth-order valence-electron chi connectivity index (χ4n) is 3.95. The van der Waals surface area contributed by atoms with Gasteiger partial charge in [-0.05, 0) is 24.6 Å². The summed E-state index contributed by atoms with van der Waals surface area (Å²) >= 11 is 1.42. The van der Waals surface area contributed by atoms with Gasteiger partial charge >= 0.3 is 6.09 Å². The normalized spacial score (nSPS) is 14.8. The molecule has 2 aromatic heterocycles. The maximum atomic E-state index is 14.8. The Morgan fingerprint density at radius 1 is 1.29 bits per heavy atom.